The summed E-state index contributed by atoms with van der Waals surface area (Å²) in [6.45, 7) is 2.06. The summed E-state index contributed by atoms with van der Waals surface area (Å²) < 4.78 is 1.53. The largest absolute Gasteiger partial charge is 0.396 e. The predicted molar refractivity (Wildman–Crippen MR) is 155 cm³/mol. The summed E-state index contributed by atoms with van der Waals surface area (Å²) in [5.41, 5.74) is 2.28. The lowest BCUT2D eigenvalue weighted by Crippen LogP contribution is -2.46. The summed E-state index contributed by atoms with van der Waals surface area (Å²) in [5, 5.41) is 16.4. The average molecular weight is 585 g/mol. The van der Waals surface area contributed by atoms with Gasteiger partial charge < -0.3 is 20.6 Å². The monoisotopic (exact) mass is 583 g/mol. The number of hydrogen-bond acceptors (Lipinski definition) is 6. The smallest absolute Gasteiger partial charge is 0.263 e. The molecule has 2 aliphatic rings. The van der Waals surface area contributed by atoms with Crippen LogP contribution in [-0.2, 0) is 13.0 Å². The van der Waals surface area contributed by atoms with Gasteiger partial charge in [0.1, 0.15) is 0 Å². The highest BCUT2D eigenvalue weighted by atomic mass is 35.5. The molecule has 0 saturated heterocycles. The quantitative estimate of drug-likeness (QED) is 0.368. The topological polar surface area (TPSA) is 117 Å². The number of nitrogens with one attached hydrogen (secondary N) is 2. The fraction of sp³-hybridized carbons (Fsp3) is 0.379. The Labute approximate surface area is 242 Å². The van der Waals surface area contributed by atoms with Gasteiger partial charge in [-0.05, 0) is 81.0 Å². The molecule has 2 heterocycles. The standard InChI is InChI=1S/C29H31Cl2N5O4/c1-16-13-21-25(15-35(16)27(39)19-7-10-22(30)23(31)14-19)34-29(33-24(11-12-37)17-3-4-17)36(28(21)40)20-8-5-18(6-9-20)26(38)32-2/h5-10,14,16-17,24,37H,3-4,11-13,15H2,1-2H3,(H,32,38)(H,33,34)/t16-,24-/m1/s1. The first-order valence-electron chi connectivity index (χ1n) is 13.3. The molecular formula is C29H31Cl2N5O4. The fourth-order valence-corrected chi connectivity index (χ4v) is 5.50. The van der Waals surface area contributed by atoms with E-state index in [0.29, 0.717) is 62.8 Å². The first kappa shape index (κ1) is 28.1. The van der Waals surface area contributed by atoms with Gasteiger partial charge >= 0.3 is 0 Å². The van der Waals surface area contributed by atoms with Crippen LogP contribution in [0.25, 0.3) is 5.69 Å². The molecule has 1 aromatic heterocycles. The van der Waals surface area contributed by atoms with E-state index < -0.39 is 0 Å². The molecule has 0 radical (unpaired) electrons. The van der Waals surface area contributed by atoms with Gasteiger partial charge in [-0.2, -0.15) is 0 Å². The van der Waals surface area contributed by atoms with Gasteiger partial charge in [0.15, 0.2) is 0 Å². The number of aliphatic hydroxyl groups is 1. The van der Waals surface area contributed by atoms with Crippen molar-refractivity contribution in [2.24, 2.45) is 5.92 Å². The molecule has 3 aromatic rings. The molecule has 0 unspecified atom stereocenters. The molecule has 40 heavy (non-hydrogen) atoms. The van der Waals surface area contributed by atoms with Crippen LogP contribution in [0.2, 0.25) is 10.0 Å². The van der Waals surface area contributed by atoms with Crippen molar-refractivity contribution in [2.45, 2.75) is 51.2 Å². The molecule has 3 N–H and O–H groups in total. The molecule has 1 aliphatic carbocycles. The molecule has 0 bridgehead atoms. The zero-order valence-electron chi connectivity index (χ0n) is 22.3. The van der Waals surface area contributed by atoms with Crippen LogP contribution in [0.5, 0.6) is 0 Å². The first-order valence-corrected chi connectivity index (χ1v) is 14.1. The average Bonchev–Trinajstić information content (AvgIpc) is 3.80. The second kappa shape index (κ2) is 11.6. The van der Waals surface area contributed by atoms with Gasteiger partial charge in [0, 0.05) is 42.4 Å². The molecule has 210 valence electrons. The van der Waals surface area contributed by atoms with Crippen molar-refractivity contribution in [3.8, 4) is 5.69 Å². The lowest BCUT2D eigenvalue weighted by atomic mass is 9.98. The highest BCUT2D eigenvalue weighted by molar-refractivity contribution is 6.42. The van der Waals surface area contributed by atoms with Gasteiger partial charge in [0.25, 0.3) is 17.4 Å². The highest BCUT2D eigenvalue weighted by Crippen LogP contribution is 2.36. The van der Waals surface area contributed by atoms with Crippen LogP contribution in [0.1, 0.15) is 58.2 Å². The van der Waals surface area contributed by atoms with Crippen molar-refractivity contribution < 1.29 is 14.7 Å². The molecule has 5 rings (SSSR count). The minimum Gasteiger partial charge on any atom is -0.396 e. The molecule has 2 amide bonds. The van der Waals surface area contributed by atoms with Crippen molar-refractivity contribution in [3.63, 3.8) is 0 Å². The summed E-state index contributed by atoms with van der Waals surface area (Å²) in [6.07, 6.45) is 2.92. The van der Waals surface area contributed by atoms with Crippen LogP contribution in [0.15, 0.2) is 47.3 Å². The number of benzene rings is 2. The van der Waals surface area contributed by atoms with E-state index >= 15 is 0 Å². The number of halogens is 2. The number of anilines is 1. The number of aliphatic hydroxyl groups excluding tert-OH is 1. The molecule has 9 nitrogen and oxygen atoms in total. The number of rotatable bonds is 8. The van der Waals surface area contributed by atoms with Crippen LogP contribution >= 0.6 is 23.2 Å². The molecular weight excluding hydrogens is 553 g/mol. The van der Waals surface area contributed by atoms with Gasteiger partial charge in [0.05, 0.1) is 28.0 Å². The Morgan fingerprint density at radius 1 is 1.10 bits per heavy atom. The SMILES string of the molecule is CNC(=O)c1ccc(-n2c(N[C@H](CCO)C3CC3)nc3c(c2=O)C[C@@H](C)N(C(=O)c2ccc(Cl)c(Cl)c2)C3)cc1. The van der Waals surface area contributed by atoms with E-state index in [-0.39, 0.29) is 42.6 Å². The lowest BCUT2D eigenvalue weighted by Gasteiger charge is -2.35. The number of nitrogens with zero attached hydrogens (tertiary/aromatic N) is 3. The van der Waals surface area contributed by atoms with Gasteiger partial charge in [-0.25, -0.2) is 9.55 Å². The summed E-state index contributed by atoms with van der Waals surface area (Å²) in [5.74, 6) is 0.284. The van der Waals surface area contributed by atoms with Crippen LogP contribution < -0.4 is 16.2 Å². The maximum atomic E-state index is 14.0. The highest BCUT2D eigenvalue weighted by Gasteiger charge is 2.35. The number of fused-ring (bicyclic) bond motifs is 1. The minimum absolute atomic E-state index is 0.00755. The van der Waals surface area contributed by atoms with Crippen LogP contribution in [-0.4, -0.2) is 57.1 Å². The number of hydrogen-bond donors (Lipinski definition) is 3. The molecule has 1 aliphatic heterocycles. The van der Waals surface area contributed by atoms with E-state index in [1.165, 1.54) is 4.57 Å². The van der Waals surface area contributed by atoms with Crippen molar-refractivity contribution in [2.75, 3.05) is 19.0 Å². The van der Waals surface area contributed by atoms with Crippen molar-refractivity contribution in [3.05, 3.63) is 85.2 Å². The van der Waals surface area contributed by atoms with Gasteiger partial charge in [-0.15, -0.1) is 0 Å². The van der Waals surface area contributed by atoms with Crippen molar-refractivity contribution in [1.82, 2.24) is 19.8 Å². The van der Waals surface area contributed by atoms with E-state index in [4.69, 9.17) is 28.2 Å². The van der Waals surface area contributed by atoms with E-state index in [9.17, 15) is 19.5 Å². The van der Waals surface area contributed by atoms with Gasteiger partial charge in [-0.3, -0.25) is 14.4 Å². The number of carbonyl (C=O) groups excluding carboxylic acids is 2. The number of amides is 2. The Morgan fingerprint density at radius 3 is 2.42 bits per heavy atom. The Kier molecular flexibility index (Phi) is 8.16. The fourth-order valence-electron chi connectivity index (χ4n) is 5.20. The Morgan fingerprint density at radius 2 is 1.80 bits per heavy atom. The lowest BCUT2D eigenvalue weighted by molar-refractivity contribution is 0.0653. The third-order valence-electron chi connectivity index (χ3n) is 7.60. The minimum atomic E-state index is -0.263. The Bertz CT molecular complexity index is 1500. The molecule has 2 aromatic carbocycles. The van der Waals surface area contributed by atoms with Crippen molar-refractivity contribution in [1.29, 1.82) is 0 Å². The molecule has 0 spiro atoms. The molecule has 1 fully saturated rings. The van der Waals surface area contributed by atoms with Crippen LogP contribution in [0.3, 0.4) is 0 Å². The zero-order chi connectivity index (χ0) is 28.6. The summed E-state index contributed by atoms with van der Waals surface area (Å²) in [7, 11) is 1.56. The van der Waals surface area contributed by atoms with E-state index in [0.717, 1.165) is 12.8 Å². The maximum absolute atomic E-state index is 14.0. The Balaban J connectivity index is 1.56. The molecule has 11 heteroatoms. The first-order chi connectivity index (χ1) is 19.2. The Hall–Kier alpha value is -3.40. The van der Waals surface area contributed by atoms with E-state index in [2.05, 4.69) is 10.6 Å². The predicted octanol–water partition coefficient (Wildman–Crippen LogP) is 4.06. The van der Waals surface area contributed by atoms with Crippen LogP contribution in [0.4, 0.5) is 5.95 Å². The second-order valence-electron chi connectivity index (χ2n) is 10.3. The number of aromatic nitrogens is 2. The normalized spacial score (nSPS) is 17.2. The summed E-state index contributed by atoms with van der Waals surface area (Å²) >= 11 is 12.2. The molecule has 2 atom stereocenters. The maximum Gasteiger partial charge on any atom is 0.263 e. The van der Waals surface area contributed by atoms with Crippen molar-refractivity contribution >= 4 is 41.0 Å². The van der Waals surface area contributed by atoms with Gasteiger partial charge in [-0.1, -0.05) is 23.2 Å². The van der Waals surface area contributed by atoms with E-state index in [1.807, 2.05) is 6.92 Å². The third kappa shape index (κ3) is 5.59. The van der Waals surface area contributed by atoms with E-state index in [1.54, 1.807) is 54.4 Å². The molecule has 1 saturated carbocycles. The zero-order valence-corrected chi connectivity index (χ0v) is 23.8. The van der Waals surface area contributed by atoms with Crippen LogP contribution in [0, 0.1) is 5.92 Å². The number of carbonyl (C=O) groups is 2. The second-order valence-corrected chi connectivity index (χ2v) is 11.2. The summed E-state index contributed by atoms with van der Waals surface area (Å²) in [6, 6.07) is 11.2. The van der Waals surface area contributed by atoms with Gasteiger partial charge in [0.2, 0.25) is 5.95 Å². The third-order valence-corrected chi connectivity index (χ3v) is 8.34. The summed E-state index contributed by atoms with van der Waals surface area (Å²) in [4.78, 5) is 46.1.